The summed E-state index contributed by atoms with van der Waals surface area (Å²) < 4.78 is 5.76. The van der Waals surface area contributed by atoms with E-state index in [0.29, 0.717) is 11.2 Å². The maximum atomic E-state index is 11.2. The highest BCUT2D eigenvalue weighted by Crippen LogP contribution is 2.52. The smallest absolute Gasteiger partial charge is 0.132 e. The number of ketones is 1. The first-order valence-electron chi connectivity index (χ1n) is 5.21. The molecule has 0 unspecified atom stereocenters. The van der Waals surface area contributed by atoms with Crippen molar-refractivity contribution in [2.24, 2.45) is 5.41 Å². The summed E-state index contributed by atoms with van der Waals surface area (Å²) in [6, 6.07) is 0. The average Bonchev–Trinajstić information content (AvgIpc) is 2.34. The Balaban J connectivity index is 2.16. The third kappa shape index (κ3) is 1.32. The number of ether oxygens (including phenoxy) is 1. The third-order valence-corrected chi connectivity index (χ3v) is 4.09. The average molecular weight is 182 g/mol. The molecule has 0 bridgehead atoms. The van der Waals surface area contributed by atoms with Gasteiger partial charge in [0.15, 0.2) is 0 Å². The molecule has 0 amide bonds. The normalized spacial score (nSPS) is 31.1. The van der Waals surface area contributed by atoms with Crippen LogP contribution in [0.4, 0.5) is 0 Å². The number of carbonyl (C=O) groups is 1. The fraction of sp³-hybridized carbons (Fsp3) is 0.909. The largest absolute Gasteiger partial charge is 0.375 e. The maximum absolute atomic E-state index is 11.2. The van der Waals surface area contributed by atoms with E-state index in [2.05, 4.69) is 13.8 Å². The Hall–Kier alpha value is -0.370. The number of rotatable bonds is 0. The van der Waals surface area contributed by atoms with E-state index in [1.807, 2.05) is 0 Å². The van der Waals surface area contributed by atoms with Gasteiger partial charge < -0.3 is 4.74 Å². The first-order chi connectivity index (χ1) is 6.06. The molecule has 1 heterocycles. The van der Waals surface area contributed by atoms with Crippen LogP contribution in [0.25, 0.3) is 0 Å². The Kier molecular flexibility index (Phi) is 1.99. The van der Waals surface area contributed by atoms with Crippen molar-refractivity contribution >= 4 is 5.78 Å². The molecule has 1 saturated carbocycles. The molecule has 0 atom stereocenters. The van der Waals surface area contributed by atoms with Gasteiger partial charge in [-0.1, -0.05) is 0 Å². The summed E-state index contributed by atoms with van der Waals surface area (Å²) in [7, 11) is 0. The lowest BCUT2D eigenvalue weighted by molar-refractivity contribution is -0.125. The zero-order chi connectivity index (χ0) is 9.53. The Morgan fingerprint density at radius 1 is 1.15 bits per heavy atom. The lowest BCUT2D eigenvalue weighted by Gasteiger charge is -2.42. The van der Waals surface area contributed by atoms with Gasteiger partial charge in [-0.3, -0.25) is 4.79 Å². The molecule has 0 aromatic carbocycles. The van der Waals surface area contributed by atoms with Gasteiger partial charge in [0, 0.05) is 24.9 Å². The summed E-state index contributed by atoms with van der Waals surface area (Å²) in [6.07, 6.45) is 4.77. The highest BCUT2D eigenvalue weighted by molar-refractivity contribution is 5.79. The van der Waals surface area contributed by atoms with Gasteiger partial charge in [0.25, 0.3) is 0 Å². The predicted octanol–water partition coefficient (Wildman–Crippen LogP) is 2.31. The van der Waals surface area contributed by atoms with Gasteiger partial charge in [-0.25, -0.2) is 0 Å². The Bertz CT molecular complexity index is 220. The van der Waals surface area contributed by atoms with E-state index >= 15 is 0 Å². The SMILES string of the molecule is CC1(C)OCCC12CCC(=O)CC2. The molecule has 74 valence electrons. The van der Waals surface area contributed by atoms with Crippen LogP contribution in [-0.4, -0.2) is 18.0 Å². The van der Waals surface area contributed by atoms with Crippen molar-refractivity contribution in [1.29, 1.82) is 0 Å². The van der Waals surface area contributed by atoms with E-state index in [1.165, 1.54) is 0 Å². The van der Waals surface area contributed by atoms with Crippen molar-refractivity contribution < 1.29 is 9.53 Å². The fourth-order valence-electron chi connectivity index (χ4n) is 2.82. The molecular formula is C11H18O2. The van der Waals surface area contributed by atoms with E-state index in [9.17, 15) is 4.79 Å². The lowest BCUT2D eigenvalue weighted by atomic mass is 9.64. The van der Waals surface area contributed by atoms with Gasteiger partial charge in [0.2, 0.25) is 0 Å². The quantitative estimate of drug-likeness (QED) is 0.574. The fourth-order valence-corrected chi connectivity index (χ4v) is 2.82. The van der Waals surface area contributed by atoms with E-state index in [0.717, 1.165) is 38.7 Å². The van der Waals surface area contributed by atoms with Crippen LogP contribution in [0.3, 0.4) is 0 Å². The third-order valence-electron chi connectivity index (χ3n) is 4.09. The number of hydrogen-bond acceptors (Lipinski definition) is 2. The molecule has 0 N–H and O–H groups in total. The van der Waals surface area contributed by atoms with Crippen LogP contribution >= 0.6 is 0 Å². The van der Waals surface area contributed by atoms with Crippen LogP contribution in [0.5, 0.6) is 0 Å². The molecule has 2 nitrogen and oxygen atoms in total. The van der Waals surface area contributed by atoms with Gasteiger partial charge in [-0.2, -0.15) is 0 Å². The van der Waals surface area contributed by atoms with E-state index in [-0.39, 0.29) is 5.60 Å². The van der Waals surface area contributed by atoms with Crippen LogP contribution < -0.4 is 0 Å². The Labute approximate surface area is 79.7 Å². The molecule has 2 heteroatoms. The predicted molar refractivity (Wildman–Crippen MR) is 50.6 cm³/mol. The van der Waals surface area contributed by atoms with Crippen LogP contribution in [0, 0.1) is 5.41 Å². The van der Waals surface area contributed by atoms with Gasteiger partial charge in [-0.15, -0.1) is 0 Å². The minimum absolute atomic E-state index is 0.00625. The second-order valence-electron chi connectivity index (χ2n) is 4.93. The molecule has 2 aliphatic rings. The van der Waals surface area contributed by atoms with Crippen molar-refractivity contribution in [3.63, 3.8) is 0 Å². The number of carbonyl (C=O) groups excluding carboxylic acids is 1. The van der Waals surface area contributed by atoms with Crippen molar-refractivity contribution in [3.05, 3.63) is 0 Å². The standard InChI is InChI=1S/C11H18O2/c1-10(2)11(7-8-13-10)5-3-9(12)4-6-11/h3-8H2,1-2H3. The number of Topliss-reactive ketones (excluding diaryl/α,β-unsaturated/α-hetero) is 1. The Morgan fingerprint density at radius 2 is 1.77 bits per heavy atom. The molecule has 13 heavy (non-hydrogen) atoms. The van der Waals surface area contributed by atoms with Gasteiger partial charge >= 0.3 is 0 Å². The van der Waals surface area contributed by atoms with Gasteiger partial charge in [-0.05, 0) is 33.1 Å². The van der Waals surface area contributed by atoms with E-state index < -0.39 is 0 Å². The second-order valence-corrected chi connectivity index (χ2v) is 4.93. The zero-order valence-electron chi connectivity index (χ0n) is 8.56. The second kappa shape index (κ2) is 2.81. The molecule has 0 aromatic heterocycles. The maximum Gasteiger partial charge on any atom is 0.132 e. The first-order valence-corrected chi connectivity index (χ1v) is 5.21. The van der Waals surface area contributed by atoms with Crippen molar-refractivity contribution in [3.8, 4) is 0 Å². The van der Waals surface area contributed by atoms with Crippen LogP contribution in [-0.2, 0) is 9.53 Å². The molecular weight excluding hydrogens is 164 g/mol. The minimum atomic E-state index is -0.00625. The van der Waals surface area contributed by atoms with Gasteiger partial charge in [0.05, 0.1) is 5.60 Å². The molecule has 2 fully saturated rings. The summed E-state index contributed by atoms with van der Waals surface area (Å²) in [5, 5.41) is 0. The molecule has 1 spiro atoms. The molecule has 1 aliphatic heterocycles. The number of hydrogen-bond donors (Lipinski definition) is 0. The summed E-state index contributed by atoms with van der Waals surface area (Å²) in [4.78, 5) is 11.2. The molecule has 0 aromatic rings. The molecule has 0 radical (unpaired) electrons. The minimum Gasteiger partial charge on any atom is -0.375 e. The lowest BCUT2D eigenvalue weighted by Crippen LogP contribution is -2.42. The van der Waals surface area contributed by atoms with E-state index in [4.69, 9.17) is 4.74 Å². The first kappa shape index (κ1) is 9.20. The van der Waals surface area contributed by atoms with E-state index in [1.54, 1.807) is 0 Å². The van der Waals surface area contributed by atoms with Crippen LogP contribution in [0.1, 0.15) is 46.0 Å². The van der Waals surface area contributed by atoms with Crippen molar-refractivity contribution in [1.82, 2.24) is 0 Å². The molecule has 2 rings (SSSR count). The Morgan fingerprint density at radius 3 is 2.23 bits per heavy atom. The van der Waals surface area contributed by atoms with Crippen LogP contribution in [0.15, 0.2) is 0 Å². The highest BCUT2D eigenvalue weighted by Gasteiger charge is 2.51. The molecule has 1 saturated heterocycles. The monoisotopic (exact) mass is 182 g/mol. The van der Waals surface area contributed by atoms with Crippen molar-refractivity contribution in [2.75, 3.05) is 6.61 Å². The van der Waals surface area contributed by atoms with Gasteiger partial charge in [0.1, 0.15) is 5.78 Å². The summed E-state index contributed by atoms with van der Waals surface area (Å²) in [5.74, 6) is 0.438. The highest BCUT2D eigenvalue weighted by atomic mass is 16.5. The summed E-state index contributed by atoms with van der Waals surface area (Å²) in [6.45, 7) is 5.23. The summed E-state index contributed by atoms with van der Waals surface area (Å²) in [5.41, 5.74) is 0.300. The van der Waals surface area contributed by atoms with Crippen molar-refractivity contribution in [2.45, 2.75) is 51.6 Å². The topological polar surface area (TPSA) is 26.3 Å². The van der Waals surface area contributed by atoms with Crippen LogP contribution in [0.2, 0.25) is 0 Å². The zero-order valence-corrected chi connectivity index (χ0v) is 8.56. The summed E-state index contributed by atoms with van der Waals surface area (Å²) >= 11 is 0. The molecule has 1 aliphatic carbocycles.